The predicted molar refractivity (Wildman–Crippen MR) is 126 cm³/mol. The van der Waals surface area contributed by atoms with Gasteiger partial charge in [-0.25, -0.2) is 4.79 Å². The molecule has 0 bridgehead atoms. The summed E-state index contributed by atoms with van der Waals surface area (Å²) >= 11 is 7.37. The molecule has 168 valence electrons. The molecule has 9 nitrogen and oxygen atoms in total. The smallest absolute Gasteiger partial charge is 0.325 e. The number of thioether (sulfide) groups is 1. The average Bonchev–Trinajstić information content (AvgIpc) is 3.19. The van der Waals surface area contributed by atoms with E-state index in [-0.39, 0.29) is 18.1 Å². The van der Waals surface area contributed by atoms with Gasteiger partial charge >= 0.3 is 5.69 Å². The zero-order valence-corrected chi connectivity index (χ0v) is 18.8. The summed E-state index contributed by atoms with van der Waals surface area (Å²) in [7, 11) is 0. The van der Waals surface area contributed by atoms with Crippen LogP contribution in [0.15, 0.2) is 75.4 Å². The molecule has 0 saturated heterocycles. The van der Waals surface area contributed by atoms with E-state index in [0.29, 0.717) is 28.2 Å². The Morgan fingerprint density at radius 3 is 2.55 bits per heavy atom. The number of halogens is 1. The molecule has 0 aliphatic carbocycles. The monoisotopic (exact) mass is 482 g/mol. The maximum Gasteiger partial charge on any atom is 0.325 e. The lowest BCUT2D eigenvalue weighted by atomic mass is 10.2. The Morgan fingerprint density at radius 1 is 1.03 bits per heavy atom. The lowest BCUT2D eigenvalue weighted by Crippen LogP contribution is -2.25. The van der Waals surface area contributed by atoms with Crippen LogP contribution in [-0.4, -0.2) is 36.4 Å². The normalized spacial score (nSPS) is 10.8. The van der Waals surface area contributed by atoms with Crippen molar-refractivity contribution in [2.45, 2.75) is 18.1 Å². The fraction of sp³-hybridized carbons (Fsp3) is 0.136. The SMILES string of the molecule is O=C(CSc1nnc(Cc2cc(=O)[nH]c(=O)[nH]2)n1-c1ccccc1)NCc1ccccc1Cl. The number of aromatic nitrogens is 5. The van der Waals surface area contributed by atoms with Crippen LogP contribution in [0.3, 0.4) is 0 Å². The standard InChI is InChI=1S/C22H19ClN6O3S/c23-17-9-5-4-6-14(17)12-24-20(31)13-33-22-28-27-18(29(22)16-7-2-1-3-8-16)10-15-11-19(30)26-21(32)25-15/h1-9,11H,10,12-13H2,(H,24,31)(H2,25,26,30,32). The molecule has 4 rings (SSSR count). The van der Waals surface area contributed by atoms with Crippen LogP contribution in [-0.2, 0) is 17.8 Å². The van der Waals surface area contributed by atoms with E-state index in [1.165, 1.54) is 17.8 Å². The van der Waals surface area contributed by atoms with Gasteiger partial charge in [-0.1, -0.05) is 59.8 Å². The topological polar surface area (TPSA) is 126 Å². The summed E-state index contributed by atoms with van der Waals surface area (Å²) in [5.41, 5.74) is 0.947. The van der Waals surface area contributed by atoms with Crippen molar-refractivity contribution in [2.75, 3.05) is 5.75 Å². The highest BCUT2D eigenvalue weighted by Gasteiger charge is 2.17. The van der Waals surface area contributed by atoms with Gasteiger partial charge < -0.3 is 10.3 Å². The molecule has 0 aliphatic rings. The third kappa shape index (κ3) is 5.79. The number of para-hydroxylation sites is 1. The number of hydrogen-bond donors (Lipinski definition) is 3. The number of carbonyl (C=O) groups is 1. The molecule has 1 amide bonds. The molecule has 0 atom stereocenters. The Balaban J connectivity index is 1.52. The first-order valence-electron chi connectivity index (χ1n) is 9.95. The first kappa shape index (κ1) is 22.6. The van der Waals surface area contributed by atoms with Gasteiger partial charge in [0.1, 0.15) is 5.82 Å². The van der Waals surface area contributed by atoms with E-state index in [9.17, 15) is 14.4 Å². The Kier molecular flexibility index (Phi) is 7.06. The average molecular weight is 483 g/mol. The second kappa shape index (κ2) is 10.3. The second-order valence-corrected chi connectivity index (χ2v) is 8.37. The van der Waals surface area contributed by atoms with Crippen LogP contribution in [0.5, 0.6) is 0 Å². The third-order valence-electron chi connectivity index (χ3n) is 4.65. The largest absolute Gasteiger partial charge is 0.351 e. The van der Waals surface area contributed by atoms with E-state index >= 15 is 0 Å². The van der Waals surface area contributed by atoms with Crippen LogP contribution in [0, 0.1) is 0 Å². The van der Waals surface area contributed by atoms with Gasteiger partial charge in [-0.15, -0.1) is 10.2 Å². The quantitative estimate of drug-likeness (QED) is 0.331. The van der Waals surface area contributed by atoms with Gasteiger partial charge in [-0.2, -0.15) is 0 Å². The molecule has 0 saturated carbocycles. The van der Waals surface area contributed by atoms with E-state index < -0.39 is 11.2 Å². The van der Waals surface area contributed by atoms with Crippen molar-refractivity contribution in [2.24, 2.45) is 0 Å². The van der Waals surface area contributed by atoms with Crippen molar-refractivity contribution in [1.29, 1.82) is 0 Å². The molecule has 0 spiro atoms. The van der Waals surface area contributed by atoms with Crippen LogP contribution < -0.4 is 16.6 Å². The summed E-state index contributed by atoms with van der Waals surface area (Å²) in [6, 6.07) is 18.0. The summed E-state index contributed by atoms with van der Waals surface area (Å²) < 4.78 is 1.80. The van der Waals surface area contributed by atoms with Gasteiger partial charge in [0.2, 0.25) is 5.91 Å². The fourth-order valence-electron chi connectivity index (χ4n) is 3.15. The van der Waals surface area contributed by atoms with E-state index in [2.05, 4.69) is 25.5 Å². The number of H-pyrrole nitrogens is 2. The number of aromatic amines is 2. The van der Waals surface area contributed by atoms with Crippen molar-refractivity contribution in [3.8, 4) is 5.69 Å². The molecule has 0 unspecified atom stereocenters. The molecule has 2 aromatic heterocycles. The highest BCUT2D eigenvalue weighted by molar-refractivity contribution is 7.99. The first-order chi connectivity index (χ1) is 16.0. The molecule has 0 fully saturated rings. The van der Waals surface area contributed by atoms with Crippen LogP contribution in [0.2, 0.25) is 5.02 Å². The van der Waals surface area contributed by atoms with Gasteiger partial charge in [0.25, 0.3) is 5.56 Å². The Bertz CT molecular complexity index is 1350. The van der Waals surface area contributed by atoms with Crippen LogP contribution in [0.25, 0.3) is 5.69 Å². The van der Waals surface area contributed by atoms with Crippen LogP contribution in [0.1, 0.15) is 17.1 Å². The summed E-state index contributed by atoms with van der Waals surface area (Å²) in [4.78, 5) is 40.4. The van der Waals surface area contributed by atoms with Gasteiger partial charge in [-0.05, 0) is 23.8 Å². The molecule has 3 N–H and O–H groups in total. The number of amides is 1. The zero-order valence-electron chi connectivity index (χ0n) is 17.2. The molecular formula is C22H19ClN6O3S. The third-order valence-corrected chi connectivity index (χ3v) is 5.94. The number of nitrogens with one attached hydrogen (secondary N) is 3. The maximum atomic E-state index is 12.4. The van der Waals surface area contributed by atoms with Gasteiger partial charge in [-0.3, -0.25) is 19.1 Å². The molecular weight excluding hydrogens is 464 g/mol. The molecule has 4 aromatic rings. The van der Waals surface area contributed by atoms with E-state index in [4.69, 9.17) is 11.6 Å². The predicted octanol–water partition coefficient (Wildman–Crippen LogP) is 2.30. The zero-order chi connectivity index (χ0) is 23.2. The summed E-state index contributed by atoms with van der Waals surface area (Å²) in [5.74, 6) is 0.460. The van der Waals surface area contributed by atoms with Gasteiger partial charge in [0.15, 0.2) is 5.16 Å². The number of rotatable bonds is 8. The van der Waals surface area contributed by atoms with Crippen molar-refractivity contribution in [3.63, 3.8) is 0 Å². The van der Waals surface area contributed by atoms with E-state index in [1.807, 2.05) is 48.5 Å². The van der Waals surface area contributed by atoms with E-state index in [0.717, 1.165) is 11.3 Å². The van der Waals surface area contributed by atoms with Crippen molar-refractivity contribution in [3.05, 3.63) is 104 Å². The molecule has 2 aromatic carbocycles. The molecule has 11 heteroatoms. The number of benzene rings is 2. The molecule has 33 heavy (non-hydrogen) atoms. The second-order valence-electron chi connectivity index (χ2n) is 7.02. The Labute approximate surface area is 197 Å². The van der Waals surface area contributed by atoms with Crippen molar-refractivity contribution < 1.29 is 4.79 Å². The summed E-state index contributed by atoms with van der Waals surface area (Å²) in [6.45, 7) is 0.325. The Hall–Kier alpha value is -3.63. The molecule has 2 heterocycles. The Morgan fingerprint density at radius 2 is 1.79 bits per heavy atom. The first-order valence-corrected chi connectivity index (χ1v) is 11.3. The minimum Gasteiger partial charge on any atom is -0.351 e. The van der Waals surface area contributed by atoms with Gasteiger partial charge in [0.05, 0.1) is 5.75 Å². The lowest BCUT2D eigenvalue weighted by Gasteiger charge is -2.10. The number of hydrogen-bond acceptors (Lipinski definition) is 6. The van der Waals surface area contributed by atoms with E-state index in [1.54, 1.807) is 10.6 Å². The van der Waals surface area contributed by atoms with Crippen molar-refractivity contribution in [1.82, 2.24) is 30.0 Å². The summed E-state index contributed by atoms with van der Waals surface area (Å²) in [5, 5.41) is 12.4. The molecule has 0 radical (unpaired) electrons. The minimum atomic E-state index is -0.590. The molecule has 0 aliphatic heterocycles. The maximum absolute atomic E-state index is 12.4. The fourth-order valence-corrected chi connectivity index (χ4v) is 4.15. The highest BCUT2D eigenvalue weighted by Crippen LogP contribution is 2.23. The summed E-state index contributed by atoms with van der Waals surface area (Å²) in [6.07, 6.45) is 0.181. The lowest BCUT2D eigenvalue weighted by molar-refractivity contribution is -0.118. The van der Waals surface area contributed by atoms with Gasteiger partial charge in [0, 0.05) is 35.4 Å². The van der Waals surface area contributed by atoms with Crippen molar-refractivity contribution >= 4 is 29.3 Å². The number of nitrogens with zero attached hydrogens (tertiary/aromatic N) is 3. The number of carbonyl (C=O) groups excluding carboxylic acids is 1. The van der Waals surface area contributed by atoms with Crippen LogP contribution >= 0.6 is 23.4 Å². The highest BCUT2D eigenvalue weighted by atomic mass is 35.5. The minimum absolute atomic E-state index is 0.122. The van der Waals surface area contributed by atoms with Crippen LogP contribution in [0.4, 0.5) is 0 Å².